The van der Waals surface area contributed by atoms with E-state index >= 15 is 0 Å². The van der Waals surface area contributed by atoms with Crippen LogP contribution in [0.15, 0.2) is 0 Å². The highest BCUT2D eigenvalue weighted by atomic mass is 16.6. The fourth-order valence-electron chi connectivity index (χ4n) is 2.93. The number of ether oxygens (including phenoxy) is 1. The molecule has 0 bridgehead atoms. The zero-order valence-corrected chi connectivity index (χ0v) is 15.3. The molecule has 0 radical (unpaired) electrons. The minimum absolute atomic E-state index is 0.160. The van der Waals surface area contributed by atoms with Crippen molar-refractivity contribution in [1.82, 2.24) is 10.2 Å². The van der Waals surface area contributed by atoms with Gasteiger partial charge in [-0.05, 0) is 47.0 Å². The maximum atomic E-state index is 12.2. The van der Waals surface area contributed by atoms with Gasteiger partial charge in [0.1, 0.15) is 5.60 Å². The first-order valence-electron chi connectivity index (χ1n) is 9.06. The first-order chi connectivity index (χ1) is 10.3. The van der Waals surface area contributed by atoms with Crippen LogP contribution in [-0.4, -0.2) is 41.8 Å². The van der Waals surface area contributed by atoms with E-state index in [9.17, 15) is 4.79 Å². The van der Waals surface area contributed by atoms with Crippen LogP contribution in [0.5, 0.6) is 0 Å². The normalized spacial score (nSPS) is 20.2. The number of likely N-dealkylation sites (tertiary alicyclic amines) is 1. The predicted octanol–water partition coefficient (Wildman–Crippen LogP) is 4.33. The molecule has 1 heterocycles. The average Bonchev–Trinajstić information content (AvgIpc) is 2.88. The zero-order chi connectivity index (χ0) is 16.6. The van der Waals surface area contributed by atoms with Crippen LogP contribution in [0.4, 0.5) is 4.79 Å². The van der Waals surface area contributed by atoms with Gasteiger partial charge in [-0.3, -0.25) is 0 Å². The molecule has 1 N–H and O–H groups in total. The smallest absolute Gasteiger partial charge is 0.410 e. The molecule has 1 saturated heterocycles. The summed E-state index contributed by atoms with van der Waals surface area (Å²) >= 11 is 0. The zero-order valence-electron chi connectivity index (χ0n) is 15.3. The molecule has 1 amide bonds. The van der Waals surface area contributed by atoms with Gasteiger partial charge in [-0.15, -0.1) is 0 Å². The van der Waals surface area contributed by atoms with Crippen molar-refractivity contribution in [1.29, 1.82) is 0 Å². The Morgan fingerprint density at radius 1 is 1.32 bits per heavy atom. The van der Waals surface area contributed by atoms with E-state index < -0.39 is 5.60 Å². The number of amides is 1. The second-order valence-electron chi connectivity index (χ2n) is 7.63. The topological polar surface area (TPSA) is 41.6 Å². The van der Waals surface area contributed by atoms with Gasteiger partial charge in [0.25, 0.3) is 0 Å². The van der Waals surface area contributed by atoms with Crippen molar-refractivity contribution in [3.05, 3.63) is 0 Å². The molecule has 0 aromatic carbocycles. The Balaban J connectivity index is 2.30. The van der Waals surface area contributed by atoms with E-state index in [1.807, 2.05) is 25.7 Å². The molecule has 1 fully saturated rings. The van der Waals surface area contributed by atoms with Crippen LogP contribution in [0.1, 0.15) is 79.6 Å². The van der Waals surface area contributed by atoms with E-state index in [1.54, 1.807) is 0 Å². The molecule has 0 spiro atoms. The Hall–Kier alpha value is -0.770. The van der Waals surface area contributed by atoms with Gasteiger partial charge < -0.3 is 15.0 Å². The summed E-state index contributed by atoms with van der Waals surface area (Å²) in [5.41, 5.74) is -0.412. The fraction of sp³-hybridized carbons (Fsp3) is 0.944. The van der Waals surface area contributed by atoms with Gasteiger partial charge in [0, 0.05) is 25.2 Å². The lowest BCUT2D eigenvalue weighted by Gasteiger charge is -2.29. The number of carbonyl (C=O) groups is 1. The van der Waals surface area contributed by atoms with E-state index in [0.29, 0.717) is 6.04 Å². The van der Waals surface area contributed by atoms with Crippen LogP contribution >= 0.6 is 0 Å². The summed E-state index contributed by atoms with van der Waals surface area (Å²) in [7, 11) is 0. The molecular formula is C18H36N2O2. The summed E-state index contributed by atoms with van der Waals surface area (Å²) in [6.45, 7) is 12.0. The number of nitrogens with zero attached hydrogens (tertiary/aromatic N) is 1. The molecule has 1 aliphatic heterocycles. The van der Waals surface area contributed by atoms with Crippen LogP contribution in [0.3, 0.4) is 0 Å². The summed E-state index contributed by atoms with van der Waals surface area (Å²) in [4.78, 5) is 14.1. The first-order valence-corrected chi connectivity index (χ1v) is 9.06. The van der Waals surface area contributed by atoms with Crippen LogP contribution in [0.2, 0.25) is 0 Å². The minimum atomic E-state index is -0.412. The van der Waals surface area contributed by atoms with E-state index in [-0.39, 0.29) is 12.1 Å². The summed E-state index contributed by atoms with van der Waals surface area (Å²) in [6.07, 6.45) is 8.46. The molecule has 1 aliphatic rings. The molecule has 1 rings (SSSR count). The van der Waals surface area contributed by atoms with Crippen LogP contribution in [0, 0.1) is 0 Å². The van der Waals surface area contributed by atoms with Crippen molar-refractivity contribution in [2.24, 2.45) is 0 Å². The lowest BCUT2D eigenvalue weighted by atomic mass is 10.1. The molecule has 2 unspecified atom stereocenters. The molecule has 0 aromatic heterocycles. The number of carbonyl (C=O) groups excluding carboxylic acids is 1. The van der Waals surface area contributed by atoms with Crippen LogP contribution in [0.25, 0.3) is 0 Å². The number of hydrogen-bond donors (Lipinski definition) is 1. The number of hydrogen-bond acceptors (Lipinski definition) is 3. The Morgan fingerprint density at radius 3 is 2.68 bits per heavy atom. The van der Waals surface area contributed by atoms with E-state index in [0.717, 1.165) is 25.9 Å². The lowest BCUT2D eigenvalue weighted by molar-refractivity contribution is 0.0225. The number of nitrogens with one attached hydrogen (secondary N) is 1. The third-order valence-corrected chi connectivity index (χ3v) is 4.20. The maximum Gasteiger partial charge on any atom is 0.410 e. The van der Waals surface area contributed by atoms with Crippen molar-refractivity contribution >= 4 is 6.09 Å². The SMILES string of the molecule is CCCCCCC(C)NCC1CCCN1C(=O)OC(C)(C)C. The van der Waals surface area contributed by atoms with Gasteiger partial charge in [-0.25, -0.2) is 4.79 Å². The molecule has 130 valence electrons. The second kappa shape index (κ2) is 9.39. The summed E-state index contributed by atoms with van der Waals surface area (Å²) in [5.74, 6) is 0. The van der Waals surface area contributed by atoms with Crippen LogP contribution in [-0.2, 0) is 4.74 Å². The van der Waals surface area contributed by atoms with Gasteiger partial charge in [0.15, 0.2) is 0 Å². The molecule has 2 atom stereocenters. The molecule has 22 heavy (non-hydrogen) atoms. The van der Waals surface area contributed by atoms with Gasteiger partial charge in [-0.1, -0.05) is 32.6 Å². The Labute approximate surface area is 137 Å². The second-order valence-corrected chi connectivity index (χ2v) is 7.63. The van der Waals surface area contributed by atoms with Crippen molar-refractivity contribution in [2.75, 3.05) is 13.1 Å². The summed E-state index contributed by atoms with van der Waals surface area (Å²) < 4.78 is 5.51. The third kappa shape index (κ3) is 7.48. The molecule has 0 aliphatic carbocycles. The molecule has 0 aromatic rings. The number of unbranched alkanes of at least 4 members (excludes halogenated alkanes) is 3. The van der Waals surface area contributed by atoms with E-state index in [2.05, 4.69) is 19.2 Å². The van der Waals surface area contributed by atoms with Crippen molar-refractivity contribution in [2.45, 2.75) is 97.2 Å². The Morgan fingerprint density at radius 2 is 2.05 bits per heavy atom. The summed E-state index contributed by atoms with van der Waals surface area (Å²) in [5, 5.41) is 3.60. The van der Waals surface area contributed by atoms with Crippen molar-refractivity contribution in [3.63, 3.8) is 0 Å². The molecule has 0 saturated carbocycles. The van der Waals surface area contributed by atoms with E-state index in [1.165, 1.54) is 32.1 Å². The van der Waals surface area contributed by atoms with Gasteiger partial charge in [-0.2, -0.15) is 0 Å². The Kier molecular flexibility index (Phi) is 8.23. The van der Waals surface area contributed by atoms with E-state index in [4.69, 9.17) is 4.74 Å². The highest BCUT2D eigenvalue weighted by Gasteiger charge is 2.31. The predicted molar refractivity (Wildman–Crippen MR) is 92.2 cm³/mol. The Bertz CT molecular complexity index is 326. The van der Waals surface area contributed by atoms with Gasteiger partial charge >= 0.3 is 6.09 Å². The summed E-state index contributed by atoms with van der Waals surface area (Å²) in [6, 6.07) is 0.811. The maximum absolute atomic E-state index is 12.2. The molecular weight excluding hydrogens is 276 g/mol. The average molecular weight is 312 g/mol. The quantitative estimate of drug-likeness (QED) is 0.678. The monoisotopic (exact) mass is 312 g/mol. The third-order valence-electron chi connectivity index (χ3n) is 4.20. The van der Waals surface area contributed by atoms with Gasteiger partial charge in [0.2, 0.25) is 0 Å². The molecule has 4 nitrogen and oxygen atoms in total. The van der Waals surface area contributed by atoms with Crippen LogP contribution < -0.4 is 5.32 Å². The largest absolute Gasteiger partial charge is 0.444 e. The highest BCUT2D eigenvalue weighted by Crippen LogP contribution is 2.20. The first kappa shape index (κ1) is 19.3. The lowest BCUT2D eigenvalue weighted by Crippen LogP contribution is -2.45. The fourth-order valence-corrected chi connectivity index (χ4v) is 2.93. The molecule has 4 heteroatoms. The highest BCUT2D eigenvalue weighted by molar-refractivity contribution is 5.69. The van der Waals surface area contributed by atoms with Crippen molar-refractivity contribution < 1.29 is 9.53 Å². The van der Waals surface area contributed by atoms with Crippen molar-refractivity contribution in [3.8, 4) is 0 Å². The van der Waals surface area contributed by atoms with Gasteiger partial charge in [0.05, 0.1) is 0 Å². The minimum Gasteiger partial charge on any atom is -0.444 e. The number of rotatable bonds is 8. The standard InChI is InChI=1S/C18H36N2O2/c1-6-7-8-9-11-15(2)19-14-16-12-10-13-20(16)17(21)22-18(3,4)5/h15-16,19H,6-14H2,1-5H3.